The molecule has 0 aliphatic rings. The number of hydrogen-bond donors (Lipinski definition) is 0. The molecule has 56 valence electrons. The lowest BCUT2D eigenvalue weighted by atomic mass is 10.1. The Hall–Kier alpha value is -0.820. The van der Waals surface area contributed by atoms with Crippen molar-refractivity contribution in [2.24, 2.45) is 0 Å². The standard InChI is InChI=1S/C10H10S/c1-7-4-3-5-9-8(2)11-6-10(7)9/h3-6H,1-2H3. The molecule has 0 nitrogen and oxygen atoms in total. The van der Waals surface area contributed by atoms with Gasteiger partial charge >= 0.3 is 0 Å². The van der Waals surface area contributed by atoms with Crippen LogP contribution >= 0.6 is 11.3 Å². The Balaban J connectivity index is 2.94. The van der Waals surface area contributed by atoms with Crippen LogP contribution in [0.15, 0.2) is 23.6 Å². The van der Waals surface area contributed by atoms with Crippen LogP contribution in [0.2, 0.25) is 0 Å². The second-order valence-corrected chi connectivity index (χ2v) is 3.91. The third-order valence-corrected chi connectivity index (χ3v) is 2.98. The molecule has 0 N–H and O–H groups in total. The average Bonchev–Trinajstić information content (AvgIpc) is 2.35. The molecule has 0 radical (unpaired) electrons. The second-order valence-electron chi connectivity index (χ2n) is 2.83. The lowest BCUT2D eigenvalue weighted by Crippen LogP contribution is -1.71. The predicted molar refractivity (Wildman–Crippen MR) is 51.3 cm³/mol. The molecule has 2 aromatic rings. The molecule has 0 aliphatic heterocycles. The molecule has 1 aromatic heterocycles. The van der Waals surface area contributed by atoms with Gasteiger partial charge in [-0.05, 0) is 35.6 Å². The van der Waals surface area contributed by atoms with Crippen LogP contribution in [0.5, 0.6) is 0 Å². The Morgan fingerprint density at radius 1 is 1.09 bits per heavy atom. The third kappa shape index (κ3) is 0.962. The SMILES string of the molecule is Cc1cccc2c(C)scc12. The van der Waals surface area contributed by atoms with Gasteiger partial charge in [-0.25, -0.2) is 0 Å². The molecule has 0 saturated carbocycles. The van der Waals surface area contributed by atoms with Crippen LogP contribution in [0.25, 0.3) is 10.8 Å². The maximum absolute atomic E-state index is 2.24. The maximum atomic E-state index is 2.24. The van der Waals surface area contributed by atoms with Crippen LogP contribution in [0.3, 0.4) is 0 Å². The Labute approximate surface area is 70.5 Å². The number of thiophene rings is 1. The van der Waals surface area contributed by atoms with E-state index < -0.39 is 0 Å². The molecule has 0 aliphatic carbocycles. The van der Waals surface area contributed by atoms with Crippen molar-refractivity contribution >= 4 is 22.1 Å². The summed E-state index contributed by atoms with van der Waals surface area (Å²) in [5, 5.41) is 5.06. The van der Waals surface area contributed by atoms with Crippen molar-refractivity contribution in [1.82, 2.24) is 0 Å². The highest BCUT2D eigenvalue weighted by Gasteiger charge is 1.99. The highest BCUT2D eigenvalue weighted by Crippen LogP contribution is 2.26. The van der Waals surface area contributed by atoms with E-state index in [0.29, 0.717) is 0 Å². The van der Waals surface area contributed by atoms with Gasteiger partial charge in [0.2, 0.25) is 0 Å². The van der Waals surface area contributed by atoms with E-state index in [-0.39, 0.29) is 0 Å². The van der Waals surface area contributed by atoms with E-state index in [1.54, 1.807) is 0 Å². The summed E-state index contributed by atoms with van der Waals surface area (Å²) in [6, 6.07) is 6.47. The smallest absolute Gasteiger partial charge is 0.00928 e. The minimum atomic E-state index is 1.38. The first-order valence-electron chi connectivity index (χ1n) is 3.72. The van der Waals surface area contributed by atoms with Crippen LogP contribution in [0.4, 0.5) is 0 Å². The molecule has 0 atom stereocenters. The first-order chi connectivity index (χ1) is 5.29. The normalized spacial score (nSPS) is 10.7. The van der Waals surface area contributed by atoms with E-state index in [9.17, 15) is 0 Å². The van der Waals surface area contributed by atoms with Gasteiger partial charge in [0, 0.05) is 4.88 Å². The number of hydrogen-bond acceptors (Lipinski definition) is 1. The van der Waals surface area contributed by atoms with Gasteiger partial charge in [-0.15, -0.1) is 11.3 Å². The number of aryl methyl sites for hydroxylation is 2. The summed E-state index contributed by atoms with van der Waals surface area (Å²) in [6.45, 7) is 4.33. The van der Waals surface area contributed by atoms with Gasteiger partial charge in [-0.2, -0.15) is 0 Å². The van der Waals surface area contributed by atoms with Gasteiger partial charge in [0.15, 0.2) is 0 Å². The molecule has 0 saturated heterocycles. The average molecular weight is 162 g/mol. The van der Waals surface area contributed by atoms with E-state index >= 15 is 0 Å². The Kier molecular flexibility index (Phi) is 1.46. The quantitative estimate of drug-likeness (QED) is 0.556. The number of benzene rings is 1. The summed E-state index contributed by atoms with van der Waals surface area (Å²) >= 11 is 1.83. The zero-order valence-electron chi connectivity index (χ0n) is 6.72. The van der Waals surface area contributed by atoms with Crippen LogP contribution in [0, 0.1) is 13.8 Å². The van der Waals surface area contributed by atoms with Crippen LogP contribution < -0.4 is 0 Å². The summed E-state index contributed by atoms with van der Waals surface area (Å²) in [7, 11) is 0. The largest absolute Gasteiger partial charge is 0.148 e. The molecule has 1 heterocycles. The molecule has 0 fully saturated rings. The van der Waals surface area contributed by atoms with E-state index in [4.69, 9.17) is 0 Å². The minimum Gasteiger partial charge on any atom is -0.148 e. The molecular weight excluding hydrogens is 152 g/mol. The molecular formula is C10H10S. The van der Waals surface area contributed by atoms with E-state index in [0.717, 1.165) is 0 Å². The summed E-state index contributed by atoms with van der Waals surface area (Å²) < 4.78 is 0. The molecule has 0 spiro atoms. The Morgan fingerprint density at radius 3 is 2.64 bits per heavy atom. The molecule has 0 unspecified atom stereocenters. The molecule has 1 heteroatoms. The van der Waals surface area contributed by atoms with Gasteiger partial charge in [0.05, 0.1) is 0 Å². The zero-order chi connectivity index (χ0) is 7.84. The fourth-order valence-electron chi connectivity index (χ4n) is 1.35. The molecule has 1 aromatic carbocycles. The van der Waals surface area contributed by atoms with Gasteiger partial charge in [-0.1, -0.05) is 18.2 Å². The van der Waals surface area contributed by atoms with E-state index in [1.165, 1.54) is 21.2 Å². The van der Waals surface area contributed by atoms with Crippen molar-refractivity contribution < 1.29 is 0 Å². The van der Waals surface area contributed by atoms with Gasteiger partial charge in [0.1, 0.15) is 0 Å². The van der Waals surface area contributed by atoms with Gasteiger partial charge in [0.25, 0.3) is 0 Å². The van der Waals surface area contributed by atoms with Crippen molar-refractivity contribution in [3.63, 3.8) is 0 Å². The fourth-order valence-corrected chi connectivity index (χ4v) is 2.27. The lowest BCUT2D eigenvalue weighted by molar-refractivity contribution is 1.54. The van der Waals surface area contributed by atoms with Crippen molar-refractivity contribution in [1.29, 1.82) is 0 Å². The van der Waals surface area contributed by atoms with Crippen LogP contribution in [-0.4, -0.2) is 0 Å². The predicted octanol–water partition coefficient (Wildman–Crippen LogP) is 3.52. The minimum absolute atomic E-state index is 1.38. The molecule has 2 rings (SSSR count). The van der Waals surface area contributed by atoms with Gasteiger partial charge in [-0.3, -0.25) is 0 Å². The summed E-state index contributed by atoms with van der Waals surface area (Å²) in [5.74, 6) is 0. The first-order valence-corrected chi connectivity index (χ1v) is 4.60. The summed E-state index contributed by atoms with van der Waals surface area (Å²) in [6.07, 6.45) is 0. The fraction of sp³-hybridized carbons (Fsp3) is 0.200. The van der Waals surface area contributed by atoms with Crippen molar-refractivity contribution in [2.75, 3.05) is 0 Å². The summed E-state index contributed by atoms with van der Waals surface area (Å²) in [5.41, 5.74) is 1.38. The Morgan fingerprint density at radius 2 is 1.91 bits per heavy atom. The van der Waals surface area contributed by atoms with Crippen molar-refractivity contribution in [3.05, 3.63) is 34.0 Å². The molecule has 0 bridgehead atoms. The maximum Gasteiger partial charge on any atom is 0.00928 e. The van der Waals surface area contributed by atoms with Crippen LogP contribution in [-0.2, 0) is 0 Å². The monoisotopic (exact) mass is 162 g/mol. The first kappa shape index (κ1) is 6.86. The molecule has 11 heavy (non-hydrogen) atoms. The topological polar surface area (TPSA) is 0 Å². The summed E-state index contributed by atoms with van der Waals surface area (Å²) in [4.78, 5) is 1.42. The highest BCUT2D eigenvalue weighted by molar-refractivity contribution is 7.11. The highest BCUT2D eigenvalue weighted by atomic mass is 32.1. The third-order valence-electron chi connectivity index (χ3n) is 2.06. The zero-order valence-corrected chi connectivity index (χ0v) is 7.53. The van der Waals surface area contributed by atoms with Crippen molar-refractivity contribution in [2.45, 2.75) is 13.8 Å². The Bertz CT molecular complexity index is 385. The lowest BCUT2D eigenvalue weighted by Gasteiger charge is -1.94. The second kappa shape index (κ2) is 2.35. The molecule has 0 amide bonds. The van der Waals surface area contributed by atoms with E-state index in [2.05, 4.69) is 37.4 Å². The number of fused-ring (bicyclic) bond motifs is 1. The van der Waals surface area contributed by atoms with Gasteiger partial charge < -0.3 is 0 Å². The van der Waals surface area contributed by atoms with Crippen molar-refractivity contribution in [3.8, 4) is 0 Å². The van der Waals surface area contributed by atoms with E-state index in [1.807, 2.05) is 11.3 Å². The van der Waals surface area contributed by atoms with Crippen LogP contribution in [0.1, 0.15) is 10.4 Å². The number of rotatable bonds is 0.